The molecule has 125 heavy (non-hydrogen) atoms. The van der Waals surface area contributed by atoms with Gasteiger partial charge in [-0.3, -0.25) is 0 Å². The summed E-state index contributed by atoms with van der Waals surface area (Å²) in [6, 6.07) is 141. The quantitative estimate of drug-likeness (QED) is 0.147. The molecule has 5 aromatic heterocycles. The van der Waals surface area contributed by atoms with E-state index in [1.165, 1.54) is 120 Å². The average Bonchev–Trinajstić information content (AvgIpc) is 1.59. The lowest BCUT2D eigenvalue weighted by molar-refractivity contribution is 1.16. The van der Waals surface area contributed by atoms with Gasteiger partial charge >= 0.3 is 0 Å². The van der Waals surface area contributed by atoms with Gasteiger partial charge < -0.3 is 13.7 Å². The van der Waals surface area contributed by atoms with E-state index in [0.717, 1.165) is 112 Å². The van der Waals surface area contributed by atoms with E-state index in [1.807, 2.05) is 54.6 Å². The number of fused-ring (bicyclic) bond motifs is 23. The minimum Gasteiger partial charge on any atom is -0.309 e. The fourth-order valence-electron chi connectivity index (χ4n) is 19.5. The molecule has 0 N–H and O–H groups in total. The second-order valence-electron chi connectivity index (χ2n) is 32.1. The number of nitrogens with zero attached hydrogens (tertiary/aromatic N) is 9. The third kappa shape index (κ3) is 11.9. The van der Waals surface area contributed by atoms with Gasteiger partial charge in [0.05, 0.1) is 94.6 Å². The standard InChI is InChI=1S/C57H33N5.C37H21ClN4.C21H13/c58-34-41-31-40(25-27-49(41)62-52-28-23-35-12-6-7-17-43(35)55(52)47-32-36-13-4-5-14-37(36)33-53(47)62)57-59-48-20-10-8-18-45(48)56(60-57)39-22-26-44-38(30-39)24-29-51-54(44)46-19-9-11-21-50(46)61(51)42-15-2-1-3-16-42;38-31-18-15-25(21-26(31)22-39)37-40-32-12-6-4-10-29(32)36(41-37)24-14-17-28-23(20-24)16-19-34-35(28)30-11-5-7-13-33(30)42(34)27-8-2-1-3-9-27;1-2-7-16-13-20-18(11-15(16)6-1)12-17-10-9-14-5-3-4-8-19(14)21(17)20/h1-33H;1-21H;1-8,10-11,13H,12H2/q;;+1. The topological polar surface area (TPSA) is 114 Å². The first kappa shape index (κ1) is 72.3. The lowest BCUT2D eigenvalue weighted by atomic mass is 9.89. The highest BCUT2D eigenvalue weighted by molar-refractivity contribution is 6.32. The van der Waals surface area contributed by atoms with Crippen LogP contribution in [0.1, 0.15) is 33.4 Å². The number of benzene rings is 19. The third-order valence-electron chi connectivity index (χ3n) is 25.1. The molecule has 0 aliphatic heterocycles. The van der Waals surface area contributed by atoms with Crippen LogP contribution in [0.4, 0.5) is 0 Å². The molecule has 0 atom stereocenters. The summed E-state index contributed by atoms with van der Waals surface area (Å²) in [6.07, 6.45) is 6.62. The molecule has 26 rings (SSSR count). The number of halogens is 1. The molecule has 2 aliphatic carbocycles. The van der Waals surface area contributed by atoms with Crippen molar-refractivity contribution in [2.24, 2.45) is 0 Å². The van der Waals surface area contributed by atoms with Gasteiger partial charge in [0.25, 0.3) is 0 Å². The molecule has 0 unspecified atom stereocenters. The Morgan fingerprint density at radius 2 is 0.744 bits per heavy atom. The number of allylic oxidation sites excluding steroid dienone is 2. The number of hydrogen-bond acceptors (Lipinski definition) is 6. The fourth-order valence-corrected chi connectivity index (χ4v) is 19.6. The van der Waals surface area contributed by atoms with E-state index in [1.54, 1.807) is 12.1 Å². The Kier molecular flexibility index (Phi) is 16.9. The smallest absolute Gasteiger partial charge is 0.160 e. The first-order valence-electron chi connectivity index (χ1n) is 41.9. The summed E-state index contributed by atoms with van der Waals surface area (Å²) in [5.41, 5.74) is 26.0. The van der Waals surface area contributed by atoms with E-state index in [2.05, 4.69) is 360 Å². The molecule has 0 fully saturated rings. The molecule has 24 aromatic rings. The van der Waals surface area contributed by atoms with Crippen LogP contribution in [0.25, 0.3) is 209 Å². The highest BCUT2D eigenvalue weighted by atomic mass is 35.5. The molecule has 0 bridgehead atoms. The Hall–Kier alpha value is -16.8. The molecular formula is C115H67ClN9+. The van der Waals surface area contributed by atoms with Crippen LogP contribution in [0.15, 0.2) is 400 Å². The first-order chi connectivity index (χ1) is 61.8. The zero-order valence-electron chi connectivity index (χ0n) is 67.1. The first-order valence-corrected chi connectivity index (χ1v) is 42.3. The Morgan fingerprint density at radius 3 is 1.34 bits per heavy atom. The Bertz CT molecular complexity index is 8880. The average molecular weight is 1610 g/mol. The van der Waals surface area contributed by atoms with Gasteiger partial charge in [0.2, 0.25) is 0 Å². The summed E-state index contributed by atoms with van der Waals surface area (Å²) < 4.78 is 6.94. The maximum atomic E-state index is 10.9. The van der Waals surface area contributed by atoms with Crippen LogP contribution in [0.3, 0.4) is 0 Å². The minimum absolute atomic E-state index is 0.400. The van der Waals surface area contributed by atoms with Gasteiger partial charge in [-0.25, -0.2) is 19.9 Å². The van der Waals surface area contributed by atoms with E-state index >= 15 is 0 Å². The van der Waals surface area contributed by atoms with Crippen LogP contribution in [-0.2, 0) is 6.42 Å². The van der Waals surface area contributed by atoms with Crippen LogP contribution >= 0.6 is 11.6 Å². The molecule has 10 heteroatoms. The Morgan fingerprint density at radius 1 is 0.296 bits per heavy atom. The lowest BCUT2D eigenvalue weighted by Crippen LogP contribution is -2.00. The SMILES string of the molecule is N#Cc1cc(-c2nc(-c3ccc4c(ccc5c4c4ccccc4n5-c4ccccc4)c3)c3ccccc3n2)ccc1-n1c2cc3ccccc3cc2c2c3ccccc3ccc21.N#Cc1cc(-c2nc(-c3ccc4c(ccc5c4c4ccccc4n5-c4ccccc4)c3)c3ccccc3n2)ccc1Cl.[C+]1=CC2=C(c3ccccc31)c1cc3ccccc3cc1C2. The lowest BCUT2D eigenvalue weighted by Gasteiger charge is -2.13. The van der Waals surface area contributed by atoms with Crippen molar-refractivity contribution in [2.45, 2.75) is 6.42 Å². The molecule has 5 heterocycles. The molecule has 19 aromatic carbocycles. The monoisotopic (exact) mass is 1610 g/mol. The van der Waals surface area contributed by atoms with Crippen molar-refractivity contribution in [3.05, 3.63) is 444 Å². The van der Waals surface area contributed by atoms with Crippen molar-refractivity contribution >= 4 is 158 Å². The summed E-state index contributed by atoms with van der Waals surface area (Å²) >= 11 is 6.21. The molecule has 0 amide bonds. The van der Waals surface area contributed by atoms with E-state index in [0.29, 0.717) is 27.8 Å². The number of aromatic nitrogens is 7. The molecule has 9 nitrogen and oxygen atoms in total. The van der Waals surface area contributed by atoms with Crippen LogP contribution < -0.4 is 0 Å². The van der Waals surface area contributed by atoms with Crippen molar-refractivity contribution in [2.75, 3.05) is 0 Å². The van der Waals surface area contributed by atoms with Crippen LogP contribution in [0.2, 0.25) is 5.02 Å². The largest absolute Gasteiger partial charge is 0.309 e. The fraction of sp³-hybridized carbons (Fsp3) is 0.00870. The van der Waals surface area contributed by atoms with E-state index in [-0.39, 0.29) is 0 Å². The van der Waals surface area contributed by atoms with E-state index < -0.39 is 0 Å². The molecule has 2 aliphatic rings. The van der Waals surface area contributed by atoms with Crippen molar-refractivity contribution in [1.82, 2.24) is 33.6 Å². The van der Waals surface area contributed by atoms with Crippen LogP contribution in [0, 0.1) is 28.7 Å². The number of para-hydroxylation sites is 6. The zero-order chi connectivity index (χ0) is 82.9. The van der Waals surface area contributed by atoms with Gasteiger partial charge in [0, 0.05) is 106 Å². The van der Waals surface area contributed by atoms with Crippen molar-refractivity contribution in [3.8, 4) is 74.5 Å². The predicted molar refractivity (Wildman–Crippen MR) is 515 cm³/mol. The van der Waals surface area contributed by atoms with Gasteiger partial charge in [0.1, 0.15) is 12.1 Å². The summed E-state index contributed by atoms with van der Waals surface area (Å²) in [7, 11) is 0. The summed E-state index contributed by atoms with van der Waals surface area (Å²) in [4.78, 5) is 20.3. The molecule has 0 spiro atoms. The molecular weight excluding hydrogens is 1540 g/mol. The zero-order valence-corrected chi connectivity index (χ0v) is 67.9. The molecule has 0 radical (unpaired) electrons. The second-order valence-corrected chi connectivity index (χ2v) is 32.6. The van der Waals surface area contributed by atoms with Gasteiger partial charge in [-0.15, -0.1) is 0 Å². The maximum absolute atomic E-state index is 10.9. The van der Waals surface area contributed by atoms with Gasteiger partial charge in [0.15, 0.2) is 17.2 Å². The number of nitriles is 2. The summed E-state index contributed by atoms with van der Waals surface area (Å²) in [6.45, 7) is 0. The van der Waals surface area contributed by atoms with Gasteiger partial charge in [-0.2, -0.15) is 10.5 Å². The van der Waals surface area contributed by atoms with E-state index in [4.69, 9.17) is 31.5 Å². The number of hydrogen-bond donors (Lipinski definition) is 0. The third-order valence-corrected chi connectivity index (χ3v) is 25.4. The van der Waals surface area contributed by atoms with E-state index in [9.17, 15) is 10.5 Å². The van der Waals surface area contributed by atoms with Crippen LogP contribution in [-0.4, -0.2) is 33.6 Å². The highest BCUT2D eigenvalue weighted by Gasteiger charge is 2.32. The molecule has 0 saturated heterocycles. The highest BCUT2D eigenvalue weighted by Crippen LogP contribution is 2.47. The summed E-state index contributed by atoms with van der Waals surface area (Å²) in [5.74, 6) is 1.13. The van der Waals surface area contributed by atoms with Gasteiger partial charge in [-0.05, 0) is 217 Å². The maximum Gasteiger partial charge on any atom is 0.160 e. The predicted octanol–water partition coefficient (Wildman–Crippen LogP) is 29.1. The number of rotatable bonds is 7. The molecule has 0 saturated carbocycles. The van der Waals surface area contributed by atoms with Gasteiger partial charge in [-0.1, -0.05) is 236 Å². The minimum atomic E-state index is 0.400. The normalized spacial score (nSPS) is 12.2. The Balaban J connectivity index is 0.000000119. The Labute approximate surface area is 722 Å². The van der Waals surface area contributed by atoms with Crippen molar-refractivity contribution in [3.63, 3.8) is 0 Å². The van der Waals surface area contributed by atoms with Crippen molar-refractivity contribution < 1.29 is 0 Å². The van der Waals surface area contributed by atoms with Crippen molar-refractivity contribution in [1.29, 1.82) is 10.5 Å². The molecule has 578 valence electrons. The van der Waals surface area contributed by atoms with Crippen LogP contribution in [0.5, 0.6) is 0 Å². The second kappa shape index (κ2) is 29.3. The summed E-state index contributed by atoms with van der Waals surface area (Å²) in [5, 5.41) is 42.0.